The molecule has 0 spiro atoms. The van der Waals surface area contributed by atoms with E-state index in [2.05, 4.69) is 41.6 Å². The largest absolute Gasteiger partial charge is 0.397 e. The molecular formula is C12H18BrFN2. The predicted molar refractivity (Wildman–Crippen MR) is 71.3 cm³/mol. The zero-order chi connectivity index (χ0) is 12.3. The van der Waals surface area contributed by atoms with Crippen molar-refractivity contribution < 1.29 is 4.39 Å². The molecule has 0 aromatic heterocycles. The lowest BCUT2D eigenvalue weighted by atomic mass is 10.2. The van der Waals surface area contributed by atoms with Gasteiger partial charge in [-0.1, -0.05) is 6.92 Å². The summed E-state index contributed by atoms with van der Waals surface area (Å²) < 4.78 is 13.9. The quantitative estimate of drug-likeness (QED) is 0.854. The molecule has 0 heterocycles. The Morgan fingerprint density at radius 1 is 1.44 bits per heavy atom. The van der Waals surface area contributed by atoms with Gasteiger partial charge in [0.25, 0.3) is 0 Å². The molecule has 0 aliphatic rings. The molecule has 0 saturated carbocycles. The van der Waals surface area contributed by atoms with Crippen molar-refractivity contribution in [1.82, 2.24) is 0 Å². The van der Waals surface area contributed by atoms with E-state index in [1.165, 1.54) is 6.07 Å². The van der Waals surface area contributed by atoms with Gasteiger partial charge in [-0.05, 0) is 42.3 Å². The predicted octanol–water partition coefficient (Wildman–Crippen LogP) is 3.80. The van der Waals surface area contributed by atoms with Crippen LogP contribution < -0.4 is 10.6 Å². The maximum atomic E-state index is 13.5. The van der Waals surface area contributed by atoms with E-state index in [-0.39, 0.29) is 5.82 Å². The maximum absolute atomic E-state index is 13.5. The summed E-state index contributed by atoms with van der Waals surface area (Å²) in [5, 5.41) is 0. The van der Waals surface area contributed by atoms with Crippen LogP contribution in [0.2, 0.25) is 0 Å². The lowest BCUT2D eigenvalue weighted by molar-refractivity contribution is 0.615. The maximum Gasteiger partial charge on any atom is 0.139 e. The van der Waals surface area contributed by atoms with Gasteiger partial charge < -0.3 is 10.6 Å². The van der Waals surface area contributed by atoms with Crippen LogP contribution in [0.25, 0.3) is 0 Å². The van der Waals surface area contributed by atoms with E-state index in [0.717, 1.165) is 18.7 Å². The second kappa shape index (κ2) is 5.53. The highest BCUT2D eigenvalue weighted by atomic mass is 79.9. The highest BCUT2D eigenvalue weighted by Gasteiger charge is 2.14. The Hall–Kier alpha value is -0.770. The third-order valence-corrected chi connectivity index (χ3v) is 3.07. The van der Waals surface area contributed by atoms with Crippen LogP contribution in [0.4, 0.5) is 15.8 Å². The molecule has 0 fully saturated rings. The summed E-state index contributed by atoms with van der Waals surface area (Å²) >= 11 is 3.13. The molecule has 2 N–H and O–H groups in total. The summed E-state index contributed by atoms with van der Waals surface area (Å²) in [6.07, 6.45) is 1.01. The number of hydrogen-bond donors (Lipinski definition) is 1. The van der Waals surface area contributed by atoms with Gasteiger partial charge in [0, 0.05) is 18.7 Å². The van der Waals surface area contributed by atoms with Crippen molar-refractivity contribution in [2.24, 2.45) is 0 Å². The van der Waals surface area contributed by atoms with E-state index < -0.39 is 0 Å². The zero-order valence-corrected chi connectivity index (χ0v) is 11.5. The first-order valence-corrected chi connectivity index (χ1v) is 6.27. The first kappa shape index (κ1) is 13.3. The Bertz CT molecular complexity index is 366. The summed E-state index contributed by atoms with van der Waals surface area (Å²) in [6, 6.07) is 3.42. The number of halogens is 2. The van der Waals surface area contributed by atoms with Crippen molar-refractivity contribution in [1.29, 1.82) is 0 Å². The average Bonchev–Trinajstić information content (AvgIpc) is 2.20. The molecule has 0 atom stereocenters. The number of nitrogens with two attached hydrogens (primary N) is 1. The summed E-state index contributed by atoms with van der Waals surface area (Å²) in [4.78, 5) is 2.12. The fourth-order valence-corrected chi connectivity index (χ4v) is 2.06. The number of rotatable bonds is 4. The van der Waals surface area contributed by atoms with Crippen LogP contribution in [-0.4, -0.2) is 12.6 Å². The molecule has 0 bridgehead atoms. The van der Waals surface area contributed by atoms with Crippen LogP contribution in [0.15, 0.2) is 16.6 Å². The van der Waals surface area contributed by atoms with Gasteiger partial charge in [0.05, 0.1) is 15.8 Å². The van der Waals surface area contributed by atoms with Gasteiger partial charge in [0.1, 0.15) is 5.82 Å². The number of hydrogen-bond acceptors (Lipinski definition) is 2. The monoisotopic (exact) mass is 288 g/mol. The van der Waals surface area contributed by atoms with E-state index in [1.54, 1.807) is 6.07 Å². The Balaban J connectivity index is 3.13. The average molecular weight is 289 g/mol. The highest BCUT2D eigenvalue weighted by molar-refractivity contribution is 9.10. The molecule has 0 aliphatic heterocycles. The Labute approximate surface area is 105 Å². The molecule has 90 valence electrons. The first-order chi connectivity index (χ1) is 7.47. The number of nitrogen functional groups attached to an aromatic ring is 1. The molecule has 0 saturated heterocycles. The van der Waals surface area contributed by atoms with E-state index in [1.807, 2.05) is 0 Å². The number of anilines is 2. The van der Waals surface area contributed by atoms with E-state index in [4.69, 9.17) is 5.73 Å². The minimum atomic E-state index is -0.272. The standard InChI is InChI=1S/C12H18BrFN2/c1-4-5-16(8(2)3)12-7-10(14)9(13)6-11(12)15/h6-8H,4-5,15H2,1-3H3. The minimum Gasteiger partial charge on any atom is -0.397 e. The zero-order valence-electron chi connectivity index (χ0n) is 9.93. The summed E-state index contributed by atoms with van der Waals surface area (Å²) in [7, 11) is 0. The number of nitrogens with zero attached hydrogens (tertiary/aromatic N) is 1. The normalized spacial score (nSPS) is 10.9. The third-order valence-electron chi connectivity index (χ3n) is 2.47. The molecule has 0 aliphatic carbocycles. The number of benzene rings is 1. The van der Waals surface area contributed by atoms with Crippen LogP contribution in [0, 0.1) is 5.82 Å². The van der Waals surface area contributed by atoms with Gasteiger partial charge in [0.2, 0.25) is 0 Å². The molecule has 2 nitrogen and oxygen atoms in total. The van der Waals surface area contributed by atoms with Crippen molar-refractivity contribution in [2.75, 3.05) is 17.2 Å². The summed E-state index contributed by atoms with van der Waals surface area (Å²) in [5.41, 5.74) is 7.30. The second-order valence-electron chi connectivity index (χ2n) is 4.11. The molecule has 1 aromatic carbocycles. The van der Waals surface area contributed by atoms with Gasteiger partial charge in [0.15, 0.2) is 0 Å². The molecule has 1 rings (SSSR count). The molecule has 1 aromatic rings. The van der Waals surface area contributed by atoms with Gasteiger partial charge in [-0.25, -0.2) is 4.39 Å². The smallest absolute Gasteiger partial charge is 0.139 e. The lowest BCUT2D eigenvalue weighted by Crippen LogP contribution is -2.32. The minimum absolute atomic E-state index is 0.272. The molecule has 16 heavy (non-hydrogen) atoms. The molecule has 0 radical (unpaired) electrons. The fourth-order valence-electron chi connectivity index (χ4n) is 1.70. The first-order valence-electron chi connectivity index (χ1n) is 5.48. The van der Waals surface area contributed by atoms with Gasteiger partial charge >= 0.3 is 0 Å². The molecular weight excluding hydrogens is 271 g/mol. The Kier molecular flexibility index (Phi) is 4.59. The van der Waals surface area contributed by atoms with E-state index in [9.17, 15) is 4.39 Å². The van der Waals surface area contributed by atoms with Gasteiger partial charge in [-0.3, -0.25) is 0 Å². The summed E-state index contributed by atoms with van der Waals surface area (Å²) in [6.45, 7) is 7.13. The Morgan fingerprint density at radius 3 is 2.56 bits per heavy atom. The van der Waals surface area contributed by atoms with E-state index >= 15 is 0 Å². The SMILES string of the molecule is CCCN(c1cc(F)c(Br)cc1N)C(C)C. The molecule has 4 heteroatoms. The van der Waals surface area contributed by atoms with Crippen LogP contribution >= 0.6 is 15.9 Å². The highest BCUT2D eigenvalue weighted by Crippen LogP contribution is 2.30. The van der Waals surface area contributed by atoms with Crippen molar-refractivity contribution >= 4 is 27.3 Å². The lowest BCUT2D eigenvalue weighted by Gasteiger charge is -2.30. The van der Waals surface area contributed by atoms with Crippen LogP contribution in [0.5, 0.6) is 0 Å². The van der Waals surface area contributed by atoms with E-state index in [0.29, 0.717) is 16.2 Å². The van der Waals surface area contributed by atoms with Crippen molar-refractivity contribution in [3.8, 4) is 0 Å². The van der Waals surface area contributed by atoms with Gasteiger partial charge in [-0.2, -0.15) is 0 Å². The van der Waals surface area contributed by atoms with Crippen LogP contribution in [-0.2, 0) is 0 Å². The Morgan fingerprint density at radius 2 is 2.06 bits per heavy atom. The van der Waals surface area contributed by atoms with Crippen molar-refractivity contribution in [2.45, 2.75) is 33.2 Å². The summed E-state index contributed by atoms with van der Waals surface area (Å²) in [5.74, 6) is -0.272. The molecule has 0 unspecified atom stereocenters. The van der Waals surface area contributed by atoms with Crippen LogP contribution in [0.3, 0.4) is 0 Å². The van der Waals surface area contributed by atoms with Crippen molar-refractivity contribution in [3.05, 3.63) is 22.4 Å². The second-order valence-corrected chi connectivity index (χ2v) is 4.97. The van der Waals surface area contributed by atoms with Crippen molar-refractivity contribution in [3.63, 3.8) is 0 Å². The topological polar surface area (TPSA) is 29.3 Å². The van der Waals surface area contributed by atoms with Gasteiger partial charge in [-0.15, -0.1) is 0 Å². The van der Waals surface area contributed by atoms with Crippen LogP contribution in [0.1, 0.15) is 27.2 Å². The third kappa shape index (κ3) is 2.88. The fraction of sp³-hybridized carbons (Fsp3) is 0.500. The molecule has 0 amide bonds.